The smallest absolute Gasteiger partial charge is 0.226 e. The van der Waals surface area contributed by atoms with Crippen molar-refractivity contribution in [3.05, 3.63) is 33.2 Å². The zero-order chi connectivity index (χ0) is 18.4. The Morgan fingerprint density at radius 2 is 2.00 bits per heavy atom. The van der Waals surface area contributed by atoms with Gasteiger partial charge in [0.05, 0.1) is 11.1 Å². The Morgan fingerprint density at radius 1 is 1.24 bits per heavy atom. The Labute approximate surface area is 161 Å². The van der Waals surface area contributed by atoms with Gasteiger partial charge in [-0.2, -0.15) is 0 Å². The van der Waals surface area contributed by atoms with Crippen molar-refractivity contribution in [2.24, 2.45) is 0 Å². The molecule has 0 aliphatic heterocycles. The van der Waals surface area contributed by atoms with Crippen LogP contribution in [0.1, 0.15) is 62.9 Å². The molecule has 0 aliphatic rings. The number of nitrogens with one attached hydrogen (secondary N) is 1. The Bertz CT molecular complexity index is 716. The van der Waals surface area contributed by atoms with Gasteiger partial charge in [0, 0.05) is 12.3 Å². The highest BCUT2D eigenvalue weighted by Gasteiger charge is 2.11. The first-order valence-corrected chi connectivity index (χ1v) is 10.0. The van der Waals surface area contributed by atoms with E-state index in [0.29, 0.717) is 36.4 Å². The van der Waals surface area contributed by atoms with Crippen LogP contribution in [-0.4, -0.2) is 22.7 Å². The van der Waals surface area contributed by atoms with Crippen molar-refractivity contribution in [2.45, 2.75) is 52.4 Å². The molecule has 1 N–H and O–H groups in total. The maximum Gasteiger partial charge on any atom is 0.226 e. The van der Waals surface area contributed by atoms with Crippen LogP contribution in [0.5, 0.6) is 5.75 Å². The van der Waals surface area contributed by atoms with E-state index in [1.807, 2.05) is 6.07 Å². The Kier molecular flexibility index (Phi) is 7.38. The molecule has 0 saturated carbocycles. The van der Waals surface area contributed by atoms with Gasteiger partial charge in [-0.1, -0.05) is 45.1 Å². The molecule has 5 nitrogen and oxygen atoms in total. The molecular formula is C18H24BrN3O2S. The van der Waals surface area contributed by atoms with Crippen LogP contribution >= 0.6 is 27.3 Å². The standard InChI is InChI=1S/C18H24BrN3O2S/c1-11(2)13-7-8-15(14(19)10-13)24-9-5-6-16(23)20-18-22-21-17(25-18)12(3)4/h7-8,10-12H,5-6,9H2,1-4H3,(H,20,22,23). The number of benzene rings is 1. The average Bonchev–Trinajstić information content (AvgIpc) is 3.01. The molecule has 1 aromatic carbocycles. The van der Waals surface area contributed by atoms with E-state index in [1.54, 1.807) is 0 Å². The minimum Gasteiger partial charge on any atom is -0.492 e. The van der Waals surface area contributed by atoms with Crippen molar-refractivity contribution in [1.29, 1.82) is 0 Å². The van der Waals surface area contributed by atoms with E-state index in [4.69, 9.17) is 4.74 Å². The fourth-order valence-electron chi connectivity index (χ4n) is 2.11. The van der Waals surface area contributed by atoms with Crippen LogP contribution in [0.15, 0.2) is 22.7 Å². The summed E-state index contributed by atoms with van der Waals surface area (Å²) in [5.41, 5.74) is 1.26. The number of nitrogens with zero attached hydrogens (tertiary/aromatic N) is 2. The third-order valence-corrected chi connectivity index (χ3v) is 5.37. The number of rotatable bonds is 8. The molecule has 1 amide bonds. The van der Waals surface area contributed by atoms with Crippen LogP contribution in [-0.2, 0) is 4.79 Å². The fourth-order valence-corrected chi connectivity index (χ4v) is 3.38. The summed E-state index contributed by atoms with van der Waals surface area (Å²) in [6, 6.07) is 6.11. The van der Waals surface area contributed by atoms with Gasteiger partial charge in [-0.15, -0.1) is 10.2 Å². The summed E-state index contributed by atoms with van der Waals surface area (Å²) in [6.45, 7) is 8.90. The van der Waals surface area contributed by atoms with Crippen molar-refractivity contribution < 1.29 is 9.53 Å². The molecule has 0 saturated heterocycles. The minimum atomic E-state index is -0.0655. The molecule has 25 heavy (non-hydrogen) atoms. The van der Waals surface area contributed by atoms with Gasteiger partial charge in [-0.05, 0) is 46.0 Å². The molecule has 0 fully saturated rings. The number of anilines is 1. The van der Waals surface area contributed by atoms with Gasteiger partial charge in [0.2, 0.25) is 11.0 Å². The van der Waals surface area contributed by atoms with Gasteiger partial charge < -0.3 is 10.1 Å². The number of carbonyl (C=O) groups excluding carboxylic acids is 1. The minimum absolute atomic E-state index is 0.0655. The highest BCUT2D eigenvalue weighted by atomic mass is 79.9. The van der Waals surface area contributed by atoms with Gasteiger partial charge in [0.25, 0.3) is 0 Å². The van der Waals surface area contributed by atoms with Crippen LogP contribution < -0.4 is 10.1 Å². The van der Waals surface area contributed by atoms with E-state index in [0.717, 1.165) is 15.2 Å². The summed E-state index contributed by atoms with van der Waals surface area (Å²) in [6.07, 6.45) is 1.03. The highest BCUT2D eigenvalue weighted by Crippen LogP contribution is 2.29. The van der Waals surface area contributed by atoms with E-state index in [-0.39, 0.29) is 5.91 Å². The predicted octanol–water partition coefficient (Wildman–Crippen LogP) is 5.35. The first-order chi connectivity index (χ1) is 11.9. The maximum absolute atomic E-state index is 12.0. The topological polar surface area (TPSA) is 64.1 Å². The molecule has 1 heterocycles. The number of carbonyl (C=O) groups is 1. The summed E-state index contributed by atoms with van der Waals surface area (Å²) in [5, 5.41) is 12.3. The number of halogens is 1. The van der Waals surface area contributed by atoms with E-state index in [9.17, 15) is 4.79 Å². The third kappa shape index (κ3) is 6.08. The number of hydrogen-bond donors (Lipinski definition) is 1. The monoisotopic (exact) mass is 425 g/mol. The summed E-state index contributed by atoms with van der Waals surface area (Å²) >= 11 is 4.96. The lowest BCUT2D eigenvalue weighted by Gasteiger charge is -2.11. The molecule has 0 radical (unpaired) electrons. The Morgan fingerprint density at radius 3 is 2.60 bits per heavy atom. The second-order valence-corrected chi connectivity index (χ2v) is 8.31. The molecular weight excluding hydrogens is 402 g/mol. The van der Waals surface area contributed by atoms with Gasteiger partial charge in [0.15, 0.2) is 0 Å². The first kappa shape index (κ1) is 19.8. The number of amides is 1. The normalized spacial score (nSPS) is 11.2. The second-order valence-electron chi connectivity index (χ2n) is 6.44. The van der Waals surface area contributed by atoms with Crippen molar-refractivity contribution in [1.82, 2.24) is 10.2 Å². The molecule has 0 unspecified atom stereocenters. The molecule has 0 spiro atoms. The van der Waals surface area contributed by atoms with Crippen molar-refractivity contribution in [3.8, 4) is 5.75 Å². The van der Waals surface area contributed by atoms with Gasteiger partial charge in [0.1, 0.15) is 10.8 Å². The summed E-state index contributed by atoms with van der Waals surface area (Å²) in [4.78, 5) is 12.0. The van der Waals surface area contributed by atoms with Crippen LogP contribution in [0, 0.1) is 0 Å². The molecule has 136 valence electrons. The van der Waals surface area contributed by atoms with Crippen molar-refractivity contribution in [3.63, 3.8) is 0 Å². The molecule has 0 bridgehead atoms. The second kappa shape index (κ2) is 9.29. The van der Waals surface area contributed by atoms with Crippen LogP contribution in [0.25, 0.3) is 0 Å². The van der Waals surface area contributed by atoms with Gasteiger partial charge >= 0.3 is 0 Å². The van der Waals surface area contributed by atoms with E-state index in [1.165, 1.54) is 16.9 Å². The maximum atomic E-state index is 12.0. The number of hydrogen-bond acceptors (Lipinski definition) is 5. The summed E-state index contributed by atoms with van der Waals surface area (Å²) in [7, 11) is 0. The number of aromatic nitrogens is 2. The van der Waals surface area contributed by atoms with Crippen LogP contribution in [0.2, 0.25) is 0 Å². The highest BCUT2D eigenvalue weighted by molar-refractivity contribution is 9.10. The van der Waals surface area contributed by atoms with Crippen molar-refractivity contribution in [2.75, 3.05) is 11.9 Å². The number of ether oxygens (including phenoxy) is 1. The zero-order valence-electron chi connectivity index (χ0n) is 15.0. The fraction of sp³-hybridized carbons (Fsp3) is 0.500. The lowest BCUT2D eigenvalue weighted by atomic mass is 10.0. The molecule has 0 aliphatic carbocycles. The quantitative estimate of drug-likeness (QED) is 0.579. The molecule has 2 rings (SSSR count). The summed E-state index contributed by atoms with van der Waals surface area (Å²) < 4.78 is 6.70. The lowest BCUT2D eigenvalue weighted by molar-refractivity contribution is -0.116. The third-order valence-electron chi connectivity index (χ3n) is 3.61. The SMILES string of the molecule is CC(C)c1ccc(OCCCC(=O)Nc2nnc(C(C)C)s2)c(Br)c1. The van der Waals surface area contributed by atoms with Gasteiger partial charge in [-0.3, -0.25) is 4.79 Å². The van der Waals surface area contributed by atoms with Crippen LogP contribution in [0.3, 0.4) is 0 Å². The van der Waals surface area contributed by atoms with Crippen molar-refractivity contribution >= 4 is 38.3 Å². The van der Waals surface area contributed by atoms with Crippen LogP contribution in [0.4, 0.5) is 5.13 Å². The van der Waals surface area contributed by atoms with Gasteiger partial charge in [-0.25, -0.2) is 0 Å². The molecule has 1 aromatic heterocycles. The Balaban J connectivity index is 1.74. The lowest BCUT2D eigenvalue weighted by Crippen LogP contribution is -2.12. The zero-order valence-corrected chi connectivity index (χ0v) is 17.4. The largest absolute Gasteiger partial charge is 0.492 e. The first-order valence-electron chi connectivity index (χ1n) is 8.42. The molecule has 2 aromatic rings. The molecule has 7 heteroatoms. The van der Waals surface area contributed by atoms with E-state index in [2.05, 4.69) is 71.3 Å². The Hall–Kier alpha value is -1.47. The summed E-state index contributed by atoms with van der Waals surface area (Å²) in [5.74, 6) is 1.53. The average molecular weight is 426 g/mol. The van der Waals surface area contributed by atoms with E-state index >= 15 is 0 Å². The van der Waals surface area contributed by atoms with E-state index < -0.39 is 0 Å². The molecule has 0 atom stereocenters. The predicted molar refractivity (Wildman–Crippen MR) is 106 cm³/mol.